The molecule has 1 unspecified atom stereocenters. The fraction of sp³-hybridized carbons (Fsp3) is 0.158. The Bertz CT molecular complexity index is 731. The molecule has 0 saturated heterocycles. The number of carbonyl (C=O) groups is 1. The molecule has 3 nitrogen and oxygen atoms in total. The quantitative estimate of drug-likeness (QED) is 0.611. The topological polar surface area (TPSA) is 41.1 Å². The number of thiocarbonyl (C=S) groups is 1. The molecular weight excluding hydrogens is 340 g/mol. The van der Waals surface area contributed by atoms with Gasteiger partial charge in [0, 0.05) is 11.1 Å². The number of hydrogen-bond donors (Lipinski definition) is 2. The SMILES string of the molecule is CCC(NC(=S)NC(=O)/C=C/c1ccccc1Cl)c1ccccc1. The van der Waals surface area contributed by atoms with Crippen LogP contribution >= 0.6 is 23.8 Å². The minimum absolute atomic E-state index is 0.0616. The summed E-state index contributed by atoms with van der Waals surface area (Å²) >= 11 is 11.3. The second-order valence-electron chi connectivity index (χ2n) is 5.19. The Morgan fingerprint density at radius 2 is 1.83 bits per heavy atom. The maximum Gasteiger partial charge on any atom is 0.250 e. The molecule has 0 fully saturated rings. The summed E-state index contributed by atoms with van der Waals surface area (Å²) in [6.07, 6.45) is 3.93. The number of benzene rings is 2. The maximum absolute atomic E-state index is 12.0. The van der Waals surface area contributed by atoms with Crippen molar-refractivity contribution in [3.63, 3.8) is 0 Å². The lowest BCUT2D eigenvalue weighted by molar-refractivity contribution is -0.115. The Labute approximate surface area is 152 Å². The van der Waals surface area contributed by atoms with Crippen LogP contribution in [0.15, 0.2) is 60.7 Å². The number of amides is 1. The van der Waals surface area contributed by atoms with Crippen molar-refractivity contribution >= 4 is 40.9 Å². The third-order valence-corrected chi connectivity index (χ3v) is 4.04. The molecular formula is C19H19ClN2OS. The number of carbonyl (C=O) groups excluding carboxylic acids is 1. The van der Waals surface area contributed by atoms with Crippen molar-refractivity contribution in [2.24, 2.45) is 0 Å². The molecule has 0 aliphatic carbocycles. The van der Waals surface area contributed by atoms with Crippen LogP contribution in [-0.2, 0) is 4.79 Å². The number of nitrogens with one attached hydrogen (secondary N) is 2. The van der Waals surface area contributed by atoms with Crippen molar-refractivity contribution in [3.05, 3.63) is 76.8 Å². The van der Waals surface area contributed by atoms with E-state index >= 15 is 0 Å². The van der Waals surface area contributed by atoms with Crippen LogP contribution in [0.2, 0.25) is 5.02 Å². The van der Waals surface area contributed by atoms with E-state index in [2.05, 4.69) is 17.6 Å². The summed E-state index contributed by atoms with van der Waals surface area (Å²) in [6.45, 7) is 2.06. The third kappa shape index (κ3) is 5.48. The molecule has 0 bridgehead atoms. The van der Waals surface area contributed by atoms with Crippen LogP contribution in [0.4, 0.5) is 0 Å². The zero-order valence-corrected chi connectivity index (χ0v) is 14.9. The van der Waals surface area contributed by atoms with Crippen LogP contribution in [0.5, 0.6) is 0 Å². The van der Waals surface area contributed by atoms with E-state index in [1.807, 2.05) is 48.5 Å². The van der Waals surface area contributed by atoms with Crippen molar-refractivity contribution in [1.82, 2.24) is 10.6 Å². The third-order valence-electron chi connectivity index (χ3n) is 3.47. The lowest BCUT2D eigenvalue weighted by Crippen LogP contribution is -2.40. The molecule has 0 radical (unpaired) electrons. The van der Waals surface area contributed by atoms with Gasteiger partial charge in [-0.3, -0.25) is 10.1 Å². The number of halogens is 1. The van der Waals surface area contributed by atoms with Crippen molar-refractivity contribution in [1.29, 1.82) is 0 Å². The monoisotopic (exact) mass is 358 g/mol. The second kappa shape index (κ2) is 9.21. The van der Waals surface area contributed by atoms with E-state index in [1.165, 1.54) is 6.08 Å². The largest absolute Gasteiger partial charge is 0.356 e. The first-order chi connectivity index (χ1) is 11.6. The first-order valence-corrected chi connectivity index (χ1v) is 8.47. The van der Waals surface area contributed by atoms with Gasteiger partial charge >= 0.3 is 0 Å². The zero-order chi connectivity index (χ0) is 17.4. The summed E-state index contributed by atoms with van der Waals surface area (Å²) in [5, 5.41) is 6.72. The van der Waals surface area contributed by atoms with E-state index < -0.39 is 0 Å². The molecule has 0 aliphatic rings. The van der Waals surface area contributed by atoms with Crippen molar-refractivity contribution in [3.8, 4) is 0 Å². The summed E-state index contributed by atoms with van der Waals surface area (Å²) in [7, 11) is 0. The van der Waals surface area contributed by atoms with Crippen molar-refractivity contribution in [2.75, 3.05) is 0 Å². The predicted molar refractivity (Wildman–Crippen MR) is 104 cm³/mol. The van der Waals surface area contributed by atoms with E-state index in [0.29, 0.717) is 10.1 Å². The van der Waals surface area contributed by atoms with Crippen LogP contribution < -0.4 is 10.6 Å². The average molecular weight is 359 g/mol. The first kappa shape index (κ1) is 18.2. The molecule has 2 rings (SSSR count). The Hall–Kier alpha value is -2.17. The minimum Gasteiger partial charge on any atom is -0.356 e. The molecule has 5 heteroatoms. The molecule has 0 aliphatic heterocycles. The highest BCUT2D eigenvalue weighted by atomic mass is 35.5. The fourth-order valence-electron chi connectivity index (χ4n) is 2.23. The van der Waals surface area contributed by atoms with Gasteiger partial charge in [0.05, 0.1) is 6.04 Å². The highest BCUT2D eigenvalue weighted by Crippen LogP contribution is 2.16. The van der Waals surface area contributed by atoms with E-state index in [9.17, 15) is 4.79 Å². The van der Waals surface area contributed by atoms with Crippen LogP contribution in [-0.4, -0.2) is 11.0 Å². The van der Waals surface area contributed by atoms with Crippen LogP contribution in [0.25, 0.3) is 6.08 Å². The van der Waals surface area contributed by atoms with Gasteiger partial charge in [-0.15, -0.1) is 0 Å². The molecule has 0 aromatic heterocycles. The molecule has 1 amide bonds. The Morgan fingerprint density at radius 3 is 2.50 bits per heavy atom. The standard InChI is InChI=1S/C19H19ClN2OS/c1-2-17(15-9-4-3-5-10-15)21-19(24)22-18(23)13-12-14-8-6-7-11-16(14)20/h3-13,17H,2H2,1H3,(H2,21,22,23,24)/b13-12+. The van der Waals surface area contributed by atoms with Crippen molar-refractivity contribution < 1.29 is 4.79 Å². The molecule has 1 atom stereocenters. The molecule has 0 saturated carbocycles. The summed E-state index contributed by atoms with van der Waals surface area (Å²) in [5.74, 6) is -0.296. The smallest absolute Gasteiger partial charge is 0.250 e. The number of hydrogen-bond acceptors (Lipinski definition) is 2. The molecule has 2 aromatic rings. The summed E-state index contributed by atoms with van der Waals surface area (Å²) < 4.78 is 0. The van der Waals surface area contributed by atoms with Gasteiger partial charge in [0.15, 0.2) is 5.11 Å². The summed E-state index contributed by atoms with van der Waals surface area (Å²) in [5.41, 5.74) is 1.91. The van der Waals surface area contributed by atoms with Gasteiger partial charge in [-0.25, -0.2) is 0 Å². The molecule has 2 N–H and O–H groups in total. The van der Waals surface area contributed by atoms with Gasteiger partial charge in [0.1, 0.15) is 0 Å². The average Bonchev–Trinajstić information content (AvgIpc) is 2.59. The molecule has 0 spiro atoms. The molecule has 2 aromatic carbocycles. The Morgan fingerprint density at radius 1 is 1.17 bits per heavy atom. The first-order valence-electron chi connectivity index (χ1n) is 7.69. The molecule has 124 valence electrons. The van der Waals surface area contributed by atoms with Gasteiger partial charge in [-0.1, -0.05) is 67.1 Å². The summed E-state index contributed by atoms with van der Waals surface area (Å²) in [6, 6.07) is 17.4. The maximum atomic E-state index is 12.0. The van der Waals surface area contributed by atoms with E-state index in [0.717, 1.165) is 17.5 Å². The Kier molecular flexibility index (Phi) is 6.97. The van der Waals surface area contributed by atoms with Crippen LogP contribution in [0, 0.1) is 0 Å². The fourth-order valence-corrected chi connectivity index (χ4v) is 2.67. The Balaban J connectivity index is 1.92. The molecule has 0 heterocycles. The van der Waals surface area contributed by atoms with E-state index in [4.69, 9.17) is 23.8 Å². The van der Waals surface area contributed by atoms with Gasteiger partial charge in [0.25, 0.3) is 0 Å². The highest BCUT2D eigenvalue weighted by Gasteiger charge is 2.11. The lowest BCUT2D eigenvalue weighted by Gasteiger charge is -2.19. The normalized spacial score (nSPS) is 11.9. The lowest BCUT2D eigenvalue weighted by atomic mass is 10.1. The van der Waals surface area contributed by atoms with Crippen molar-refractivity contribution in [2.45, 2.75) is 19.4 Å². The highest BCUT2D eigenvalue weighted by molar-refractivity contribution is 7.80. The second-order valence-corrected chi connectivity index (χ2v) is 6.00. The van der Waals surface area contributed by atoms with E-state index in [1.54, 1.807) is 12.1 Å². The van der Waals surface area contributed by atoms with Gasteiger partial charge in [0.2, 0.25) is 5.91 Å². The number of rotatable bonds is 5. The summed E-state index contributed by atoms with van der Waals surface area (Å²) in [4.78, 5) is 12.0. The zero-order valence-electron chi connectivity index (χ0n) is 13.3. The van der Waals surface area contributed by atoms with Gasteiger partial charge in [-0.05, 0) is 41.9 Å². The van der Waals surface area contributed by atoms with Crippen LogP contribution in [0.3, 0.4) is 0 Å². The predicted octanol–water partition coefficient (Wildman–Crippen LogP) is 4.50. The van der Waals surface area contributed by atoms with Gasteiger partial charge in [-0.2, -0.15) is 0 Å². The minimum atomic E-state index is -0.296. The van der Waals surface area contributed by atoms with E-state index in [-0.39, 0.29) is 11.9 Å². The van der Waals surface area contributed by atoms with Gasteiger partial charge < -0.3 is 5.32 Å². The molecule has 24 heavy (non-hydrogen) atoms. The van der Waals surface area contributed by atoms with Crippen LogP contribution in [0.1, 0.15) is 30.5 Å².